The van der Waals surface area contributed by atoms with Gasteiger partial charge >= 0.3 is 6.18 Å². The lowest BCUT2D eigenvalue weighted by molar-refractivity contribution is -0.161. The van der Waals surface area contributed by atoms with Crippen molar-refractivity contribution in [3.05, 3.63) is 46.0 Å². The van der Waals surface area contributed by atoms with Crippen LogP contribution in [0.5, 0.6) is 0 Å². The molecule has 34 heavy (non-hydrogen) atoms. The number of hydrogen-bond acceptors (Lipinski definition) is 4. The molecule has 0 radical (unpaired) electrons. The molecule has 0 saturated heterocycles. The second-order valence-corrected chi connectivity index (χ2v) is 9.02. The summed E-state index contributed by atoms with van der Waals surface area (Å²) >= 11 is 0. The van der Waals surface area contributed by atoms with Gasteiger partial charge in [-0.1, -0.05) is 0 Å². The van der Waals surface area contributed by atoms with Crippen LogP contribution in [0.4, 0.5) is 22.0 Å². The van der Waals surface area contributed by atoms with Gasteiger partial charge in [0.1, 0.15) is 11.1 Å². The molecule has 0 atom stereocenters. The molecule has 2 aliphatic carbocycles. The minimum atomic E-state index is -4.51. The van der Waals surface area contributed by atoms with Crippen molar-refractivity contribution in [2.75, 3.05) is 0 Å². The van der Waals surface area contributed by atoms with Crippen LogP contribution in [-0.4, -0.2) is 37.8 Å². The van der Waals surface area contributed by atoms with E-state index in [0.29, 0.717) is 0 Å². The lowest BCUT2D eigenvalue weighted by Gasteiger charge is -2.29. The molecule has 0 aliphatic heterocycles. The van der Waals surface area contributed by atoms with Crippen LogP contribution in [0.15, 0.2) is 29.2 Å². The third-order valence-electron chi connectivity index (χ3n) is 6.80. The standard InChI is InChI=1S/C22H20F5N5O2/c23-21(24)4-1-11(2-5-21)32-14(10-16(31-32)20(6-7-20)22(25,26)27)13-9-15(33)17-12(30-13)3-8-29-18(17)19(28)34/h3,8-11H,1-2,4-7H2,(H2,28,34)(H,30,33). The van der Waals surface area contributed by atoms with E-state index in [0.717, 1.165) is 6.07 Å². The molecular weight excluding hydrogens is 461 g/mol. The summed E-state index contributed by atoms with van der Waals surface area (Å²) < 4.78 is 70.2. The number of aromatic amines is 1. The van der Waals surface area contributed by atoms with E-state index in [1.54, 1.807) is 0 Å². The topological polar surface area (TPSA) is 107 Å². The Labute approximate surface area is 189 Å². The van der Waals surface area contributed by atoms with Crippen molar-refractivity contribution in [1.82, 2.24) is 19.7 Å². The van der Waals surface area contributed by atoms with Gasteiger partial charge in [0.05, 0.1) is 34.0 Å². The molecule has 3 aromatic rings. The van der Waals surface area contributed by atoms with Crippen LogP contribution < -0.4 is 11.2 Å². The summed E-state index contributed by atoms with van der Waals surface area (Å²) in [6.07, 6.45) is -4.20. The molecule has 0 aromatic carbocycles. The molecule has 2 aliphatic rings. The fraction of sp³-hybridized carbons (Fsp3) is 0.455. The summed E-state index contributed by atoms with van der Waals surface area (Å²) in [7, 11) is 0. The Bertz CT molecular complexity index is 1350. The summed E-state index contributed by atoms with van der Waals surface area (Å²) in [4.78, 5) is 31.3. The van der Waals surface area contributed by atoms with Gasteiger partial charge in [-0.15, -0.1) is 0 Å². The van der Waals surface area contributed by atoms with Crippen molar-refractivity contribution in [3.8, 4) is 11.4 Å². The van der Waals surface area contributed by atoms with E-state index < -0.39 is 47.7 Å². The molecule has 2 fully saturated rings. The Kier molecular flexibility index (Phi) is 4.86. The van der Waals surface area contributed by atoms with Gasteiger partial charge in [-0.05, 0) is 37.8 Å². The highest BCUT2D eigenvalue weighted by Crippen LogP contribution is 2.59. The van der Waals surface area contributed by atoms with E-state index in [1.165, 1.54) is 23.0 Å². The first-order chi connectivity index (χ1) is 15.9. The Hall–Kier alpha value is -3.31. The Morgan fingerprint density at radius 1 is 1.15 bits per heavy atom. The van der Waals surface area contributed by atoms with Gasteiger partial charge in [0.2, 0.25) is 5.92 Å². The Morgan fingerprint density at radius 3 is 2.41 bits per heavy atom. The number of amides is 1. The number of fused-ring (bicyclic) bond motifs is 1. The summed E-state index contributed by atoms with van der Waals surface area (Å²) in [6.45, 7) is 0. The van der Waals surface area contributed by atoms with Crippen LogP contribution >= 0.6 is 0 Å². The first kappa shape index (κ1) is 22.5. The zero-order valence-electron chi connectivity index (χ0n) is 17.8. The second-order valence-electron chi connectivity index (χ2n) is 9.02. The molecule has 1 amide bonds. The first-order valence-electron chi connectivity index (χ1n) is 10.8. The van der Waals surface area contributed by atoms with E-state index in [4.69, 9.17) is 5.73 Å². The zero-order chi connectivity index (χ0) is 24.5. The normalized spacial score (nSPS) is 19.9. The minimum Gasteiger partial charge on any atom is -0.364 e. The van der Waals surface area contributed by atoms with Crippen molar-refractivity contribution in [3.63, 3.8) is 0 Å². The third-order valence-corrected chi connectivity index (χ3v) is 6.80. The number of hydrogen-bond donors (Lipinski definition) is 2. The first-order valence-corrected chi connectivity index (χ1v) is 10.8. The van der Waals surface area contributed by atoms with Crippen LogP contribution in [0.1, 0.15) is 60.7 Å². The van der Waals surface area contributed by atoms with Crippen LogP contribution in [0.25, 0.3) is 22.3 Å². The number of H-pyrrole nitrogens is 1. The van der Waals surface area contributed by atoms with E-state index in [1.807, 2.05) is 0 Å². The predicted octanol–water partition coefficient (Wildman–Crippen LogP) is 4.23. The fourth-order valence-electron chi connectivity index (χ4n) is 4.71. The number of nitrogens with one attached hydrogen (secondary N) is 1. The molecule has 7 nitrogen and oxygen atoms in total. The maximum absolute atomic E-state index is 13.8. The molecular formula is C22H20F5N5O2. The van der Waals surface area contributed by atoms with Gasteiger partial charge in [-0.2, -0.15) is 18.3 Å². The average molecular weight is 481 g/mol. The van der Waals surface area contributed by atoms with E-state index in [2.05, 4.69) is 15.1 Å². The number of nitrogens with zero attached hydrogens (tertiary/aromatic N) is 3. The molecule has 0 unspecified atom stereocenters. The maximum atomic E-state index is 13.8. The quantitative estimate of drug-likeness (QED) is 0.544. The summed E-state index contributed by atoms with van der Waals surface area (Å²) in [6, 6.07) is 3.30. The van der Waals surface area contributed by atoms with Gasteiger partial charge in [0.25, 0.3) is 5.91 Å². The Morgan fingerprint density at radius 2 is 1.82 bits per heavy atom. The molecule has 3 heterocycles. The lowest BCUT2D eigenvalue weighted by Crippen LogP contribution is -2.30. The molecule has 3 aromatic heterocycles. The average Bonchev–Trinajstić information content (AvgIpc) is 3.47. The second kappa shape index (κ2) is 7.34. The fourth-order valence-corrected chi connectivity index (χ4v) is 4.71. The summed E-state index contributed by atoms with van der Waals surface area (Å²) in [5.41, 5.74) is 2.76. The SMILES string of the molecule is NC(=O)c1nccc2[nH]c(-c3cc(C4(C(F)(F)F)CC4)nn3C3CCC(F)(F)CC3)cc(=O)c12. The van der Waals surface area contributed by atoms with Gasteiger partial charge in [0.15, 0.2) is 5.43 Å². The molecule has 3 N–H and O–H groups in total. The monoisotopic (exact) mass is 481 g/mol. The van der Waals surface area contributed by atoms with E-state index >= 15 is 0 Å². The molecule has 180 valence electrons. The van der Waals surface area contributed by atoms with Crippen LogP contribution in [0.3, 0.4) is 0 Å². The highest BCUT2D eigenvalue weighted by molar-refractivity contribution is 6.03. The third kappa shape index (κ3) is 3.55. The number of alkyl halides is 5. The highest BCUT2D eigenvalue weighted by Gasteiger charge is 2.66. The summed E-state index contributed by atoms with van der Waals surface area (Å²) in [5.74, 6) is -3.73. The summed E-state index contributed by atoms with van der Waals surface area (Å²) in [5, 5.41) is 4.21. The number of pyridine rings is 2. The largest absolute Gasteiger partial charge is 0.400 e. The van der Waals surface area contributed by atoms with Crippen molar-refractivity contribution in [1.29, 1.82) is 0 Å². The van der Waals surface area contributed by atoms with Gasteiger partial charge in [-0.3, -0.25) is 19.3 Å². The minimum absolute atomic E-state index is 0.0354. The number of halogens is 5. The lowest BCUT2D eigenvalue weighted by atomic mass is 9.92. The van der Waals surface area contributed by atoms with Gasteiger partial charge in [-0.25, -0.2) is 8.78 Å². The van der Waals surface area contributed by atoms with Crippen molar-refractivity contribution in [2.24, 2.45) is 5.73 Å². The smallest absolute Gasteiger partial charge is 0.364 e. The number of rotatable bonds is 4. The number of carbonyl (C=O) groups is 1. The number of nitrogens with two attached hydrogens (primary N) is 1. The zero-order valence-corrected chi connectivity index (χ0v) is 17.8. The number of primary amides is 1. The van der Waals surface area contributed by atoms with Crippen molar-refractivity contribution < 1.29 is 26.7 Å². The Balaban J connectivity index is 1.67. The van der Waals surface area contributed by atoms with Crippen molar-refractivity contribution >= 4 is 16.8 Å². The van der Waals surface area contributed by atoms with Crippen LogP contribution in [0.2, 0.25) is 0 Å². The van der Waals surface area contributed by atoms with Crippen LogP contribution in [-0.2, 0) is 5.41 Å². The van der Waals surface area contributed by atoms with Crippen LogP contribution in [0, 0.1) is 0 Å². The molecule has 2 saturated carbocycles. The maximum Gasteiger partial charge on any atom is 0.400 e. The molecule has 12 heteroatoms. The van der Waals surface area contributed by atoms with E-state index in [-0.39, 0.29) is 59.4 Å². The van der Waals surface area contributed by atoms with Gasteiger partial charge in [0, 0.05) is 25.1 Å². The van der Waals surface area contributed by atoms with E-state index in [9.17, 15) is 31.5 Å². The van der Waals surface area contributed by atoms with Gasteiger partial charge < -0.3 is 10.7 Å². The molecule has 0 spiro atoms. The number of carbonyl (C=O) groups excluding carboxylic acids is 1. The molecule has 5 rings (SSSR count). The molecule has 0 bridgehead atoms. The number of aromatic nitrogens is 4. The highest BCUT2D eigenvalue weighted by atomic mass is 19.4. The predicted molar refractivity (Wildman–Crippen MR) is 112 cm³/mol. The van der Waals surface area contributed by atoms with Crippen molar-refractivity contribution in [2.45, 2.75) is 62.1 Å².